The summed E-state index contributed by atoms with van der Waals surface area (Å²) in [7, 11) is 0. The lowest BCUT2D eigenvalue weighted by molar-refractivity contribution is -0.161. The van der Waals surface area contributed by atoms with Crippen molar-refractivity contribution in [3.8, 4) is 0 Å². The number of hydrogen-bond acceptors (Lipinski definition) is 3. The Hall–Kier alpha value is -1.35. The molecule has 4 heteroatoms. The van der Waals surface area contributed by atoms with Gasteiger partial charge in [-0.1, -0.05) is 36.6 Å². The molecule has 0 spiro atoms. The molecule has 1 aromatic rings. The first-order valence-corrected chi connectivity index (χ1v) is 11.3. The van der Waals surface area contributed by atoms with Crippen LogP contribution < -0.4 is 0 Å². The zero-order valence-electron chi connectivity index (χ0n) is 16.4. The first kappa shape index (κ1) is 18.7. The van der Waals surface area contributed by atoms with E-state index in [-0.39, 0.29) is 23.8 Å². The fraction of sp³-hybridized carbons (Fsp3) is 0.667. The third-order valence-corrected chi connectivity index (χ3v) is 8.46. The van der Waals surface area contributed by atoms with E-state index in [0.717, 1.165) is 68.3 Å². The summed E-state index contributed by atoms with van der Waals surface area (Å²) >= 11 is 6.04. The maximum Gasteiger partial charge on any atom is 0.316 e. The van der Waals surface area contributed by atoms with Crippen molar-refractivity contribution in [1.82, 2.24) is 0 Å². The van der Waals surface area contributed by atoms with Gasteiger partial charge in [-0.15, -0.1) is 0 Å². The zero-order chi connectivity index (χ0) is 19.4. The number of hydrogen-bond donors (Lipinski definition) is 0. The van der Waals surface area contributed by atoms with Crippen LogP contribution in [0.2, 0.25) is 5.02 Å². The van der Waals surface area contributed by atoms with Crippen LogP contribution in [0.25, 0.3) is 0 Å². The standard InChI is InChI=1S/C24H29ClO3/c25-20-5-3-19(4-6-20)24(7-1-2-8-24)22(27)28-15-21(26)23-12-16-9-17(13-23)11-18(10-16)14-23/h3-6,16-18H,1-2,7-15H2. The molecule has 5 fully saturated rings. The Morgan fingerprint density at radius 1 is 0.929 bits per heavy atom. The van der Waals surface area contributed by atoms with Crippen LogP contribution in [0.15, 0.2) is 24.3 Å². The average Bonchev–Trinajstić information content (AvgIpc) is 3.16. The van der Waals surface area contributed by atoms with Gasteiger partial charge in [-0.3, -0.25) is 9.59 Å². The second-order valence-electron chi connectivity index (χ2n) is 9.99. The van der Waals surface area contributed by atoms with Crippen LogP contribution in [0.3, 0.4) is 0 Å². The van der Waals surface area contributed by atoms with E-state index in [9.17, 15) is 9.59 Å². The Morgan fingerprint density at radius 3 is 2.00 bits per heavy atom. The summed E-state index contributed by atoms with van der Waals surface area (Å²) in [4.78, 5) is 26.4. The smallest absolute Gasteiger partial charge is 0.316 e. The Bertz CT molecular complexity index is 740. The zero-order valence-corrected chi connectivity index (χ0v) is 17.2. The molecule has 0 aliphatic heterocycles. The Kier molecular flexibility index (Phi) is 4.58. The van der Waals surface area contributed by atoms with Gasteiger partial charge in [-0.25, -0.2) is 0 Å². The molecule has 5 aliphatic carbocycles. The molecule has 0 saturated heterocycles. The van der Waals surface area contributed by atoms with Crippen LogP contribution >= 0.6 is 11.6 Å². The first-order valence-electron chi connectivity index (χ1n) is 11.0. The largest absolute Gasteiger partial charge is 0.457 e. The van der Waals surface area contributed by atoms with Crippen LogP contribution in [-0.2, 0) is 19.7 Å². The highest BCUT2D eigenvalue weighted by Gasteiger charge is 2.54. The predicted molar refractivity (Wildman–Crippen MR) is 108 cm³/mol. The second kappa shape index (κ2) is 6.86. The normalized spacial score (nSPS) is 35.1. The van der Waals surface area contributed by atoms with Crippen molar-refractivity contribution in [2.75, 3.05) is 6.61 Å². The van der Waals surface area contributed by atoms with E-state index in [1.807, 2.05) is 24.3 Å². The minimum Gasteiger partial charge on any atom is -0.457 e. The maximum absolute atomic E-state index is 13.2. The average molecular weight is 401 g/mol. The van der Waals surface area contributed by atoms with Crippen molar-refractivity contribution in [2.24, 2.45) is 23.2 Å². The molecule has 4 bridgehead atoms. The second-order valence-corrected chi connectivity index (χ2v) is 10.4. The minimum atomic E-state index is -0.605. The van der Waals surface area contributed by atoms with Gasteiger partial charge in [0.2, 0.25) is 0 Å². The molecule has 3 nitrogen and oxygen atoms in total. The molecule has 0 amide bonds. The van der Waals surface area contributed by atoms with Gasteiger partial charge in [-0.05, 0) is 86.8 Å². The molecular weight excluding hydrogens is 372 g/mol. The van der Waals surface area contributed by atoms with E-state index < -0.39 is 5.41 Å². The van der Waals surface area contributed by atoms with E-state index in [1.165, 1.54) is 19.3 Å². The molecule has 0 radical (unpaired) electrons. The number of rotatable bonds is 5. The van der Waals surface area contributed by atoms with Crippen molar-refractivity contribution < 1.29 is 14.3 Å². The Balaban J connectivity index is 1.30. The summed E-state index contributed by atoms with van der Waals surface area (Å²) in [6, 6.07) is 7.56. The molecule has 1 aromatic carbocycles. The molecule has 150 valence electrons. The van der Waals surface area contributed by atoms with Gasteiger partial charge in [0.15, 0.2) is 12.4 Å². The van der Waals surface area contributed by atoms with E-state index in [2.05, 4.69) is 0 Å². The highest BCUT2D eigenvalue weighted by Crippen LogP contribution is 2.60. The lowest BCUT2D eigenvalue weighted by atomic mass is 9.48. The van der Waals surface area contributed by atoms with Crippen molar-refractivity contribution in [2.45, 2.75) is 69.6 Å². The van der Waals surface area contributed by atoms with Gasteiger partial charge in [0.1, 0.15) is 0 Å². The quantitative estimate of drug-likeness (QED) is 0.614. The van der Waals surface area contributed by atoms with E-state index in [4.69, 9.17) is 16.3 Å². The van der Waals surface area contributed by atoms with Crippen molar-refractivity contribution in [3.63, 3.8) is 0 Å². The summed E-state index contributed by atoms with van der Waals surface area (Å²) in [5.74, 6) is 2.14. The lowest BCUT2D eigenvalue weighted by Gasteiger charge is -2.55. The van der Waals surface area contributed by atoms with Crippen LogP contribution in [0.5, 0.6) is 0 Å². The van der Waals surface area contributed by atoms with Crippen LogP contribution in [0.4, 0.5) is 0 Å². The molecule has 28 heavy (non-hydrogen) atoms. The summed E-state index contributed by atoms with van der Waals surface area (Å²) < 4.78 is 5.74. The monoisotopic (exact) mass is 400 g/mol. The number of carbonyl (C=O) groups is 2. The summed E-state index contributed by atoms with van der Waals surface area (Å²) in [5, 5.41) is 0.669. The van der Waals surface area contributed by atoms with Gasteiger partial charge in [0.25, 0.3) is 0 Å². The first-order chi connectivity index (χ1) is 13.5. The van der Waals surface area contributed by atoms with Crippen molar-refractivity contribution in [1.29, 1.82) is 0 Å². The fourth-order valence-corrected chi connectivity index (χ4v) is 7.36. The maximum atomic E-state index is 13.2. The number of Topliss-reactive ketones (excluding diaryl/α,β-unsaturated/α-hetero) is 1. The topological polar surface area (TPSA) is 43.4 Å². The Labute approximate surface area is 172 Å². The van der Waals surface area contributed by atoms with Gasteiger partial charge in [-0.2, -0.15) is 0 Å². The summed E-state index contributed by atoms with van der Waals surface area (Å²) in [6.45, 7) is -0.0413. The van der Waals surface area contributed by atoms with Gasteiger partial charge >= 0.3 is 5.97 Å². The molecule has 0 unspecified atom stereocenters. The number of ether oxygens (including phenoxy) is 1. The molecule has 0 N–H and O–H groups in total. The van der Waals surface area contributed by atoms with Crippen LogP contribution in [0, 0.1) is 23.2 Å². The third-order valence-electron chi connectivity index (χ3n) is 8.21. The molecule has 5 saturated carbocycles. The van der Waals surface area contributed by atoms with Crippen molar-refractivity contribution in [3.05, 3.63) is 34.9 Å². The van der Waals surface area contributed by atoms with E-state index in [0.29, 0.717) is 5.02 Å². The van der Waals surface area contributed by atoms with Crippen LogP contribution in [0.1, 0.15) is 69.8 Å². The van der Waals surface area contributed by atoms with Gasteiger partial charge < -0.3 is 4.74 Å². The molecule has 0 aromatic heterocycles. The van der Waals surface area contributed by atoms with E-state index in [1.54, 1.807) is 0 Å². The highest BCUT2D eigenvalue weighted by molar-refractivity contribution is 6.30. The predicted octanol–water partition coefficient (Wildman–Crippen LogP) is 5.48. The number of esters is 1. The molecular formula is C24H29ClO3. The SMILES string of the molecule is O=C(COC(=O)C1(c2ccc(Cl)cc2)CCCC1)C12CC3CC(CC(C3)C1)C2. The number of halogens is 1. The van der Waals surface area contributed by atoms with Crippen LogP contribution in [-0.4, -0.2) is 18.4 Å². The number of benzene rings is 1. The lowest BCUT2D eigenvalue weighted by Crippen LogP contribution is -2.51. The fourth-order valence-electron chi connectivity index (χ4n) is 7.23. The summed E-state index contributed by atoms with van der Waals surface area (Å²) in [5.41, 5.74) is 0.173. The van der Waals surface area contributed by atoms with Crippen molar-refractivity contribution >= 4 is 23.4 Å². The third kappa shape index (κ3) is 3.01. The van der Waals surface area contributed by atoms with Gasteiger partial charge in [0, 0.05) is 10.4 Å². The number of ketones is 1. The molecule has 6 rings (SSSR count). The molecule has 0 atom stereocenters. The Morgan fingerprint density at radius 2 is 1.46 bits per heavy atom. The summed E-state index contributed by atoms with van der Waals surface area (Å²) in [6.07, 6.45) is 10.6. The number of carbonyl (C=O) groups excluding carboxylic acids is 2. The van der Waals surface area contributed by atoms with E-state index >= 15 is 0 Å². The minimum absolute atomic E-state index is 0.0413. The highest BCUT2D eigenvalue weighted by atomic mass is 35.5. The molecule has 0 heterocycles. The van der Waals surface area contributed by atoms with Gasteiger partial charge in [0.05, 0.1) is 5.41 Å². The molecule has 5 aliphatic rings.